The fourth-order valence-electron chi connectivity index (χ4n) is 2.74. The van der Waals surface area contributed by atoms with Gasteiger partial charge in [-0.2, -0.15) is 0 Å². The third kappa shape index (κ3) is 4.44. The van der Waals surface area contributed by atoms with Gasteiger partial charge < -0.3 is 9.80 Å². The molecule has 1 aromatic rings. The van der Waals surface area contributed by atoms with E-state index in [0.29, 0.717) is 38.4 Å². The molecule has 0 spiro atoms. The number of hydrogen-bond donors (Lipinski definition) is 0. The van der Waals surface area contributed by atoms with E-state index in [1.807, 2.05) is 22.9 Å². The van der Waals surface area contributed by atoms with E-state index >= 15 is 0 Å². The topological polar surface area (TPSA) is 26.8 Å². The molecule has 22 heavy (non-hydrogen) atoms. The molecule has 4 nitrogen and oxygen atoms in total. The lowest BCUT2D eigenvalue weighted by molar-refractivity contribution is -0.132. The Morgan fingerprint density at radius 1 is 1.23 bits per heavy atom. The van der Waals surface area contributed by atoms with Crippen molar-refractivity contribution in [3.63, 3.8) is 0 Å². The molecule has 5 heteroatoms. The number of benzene rings is 1. The Labute approximate surface area is 132 Å². The van der Waals surface area contributed by atoms with Gasteiger partial charge in [-0.1, -0.05) is 25.5 Å². The molecule has 0 N–H and O–H groups in total. The van der Waals surface area contributed by atoms with Crippen molar-refractivity contribution in [2.24, 2.45) is 0 Å². The van der Waals surface area contributed by atoms with Crippen LogP contribution in [0.2, 0.25) is 0 Å². The Kier molecular flexibility index (Phi) is 6.19. The van der Waals surface area contributed by atoms with Crippen LogP contribution in [0.25, 0.3) is 0 Å². The second kappa shape index (κ2) is 8.13. The molecule has 0 aromatic heterocycles. The Balaban J connectivity index is 1.82. The van der Waals surface area contributed by atoms with Gasteiger partial charge in [-0.3, -0.25) is 9.69 Å². The van der Waals surface area contributed by atoms with Crippen molar-refractivity contribution in [1.29, 1.82) is 0 Å². The molecule has 0 atom stereocenters. The van der Waals surface area contributed by atoms with Crippen molar-refractivity contribution in [3.8, 4) is 0 Å². The largest absolute Gasteiger partial charge is 0.366 e. The Bertz CT molecular complexity index is 487. The monoisotopic (exact) mass is 307 g/mol. The average molecular weight is 307 g/mol. The number of nitrogens with zero attached hydrogens (tertiary/aromatic N) is 3. The molecule has 1 saturated heterocycles. The predicted octanol–water partition coefficient (Wildman–Crippen LogP) is 2.21. The van der Waals surface area contributed by atoms with Gasteiger partial charge in [0.1, 0.15) is 5.82 Å². The number of carbonyl (C=O) groups excluding carboxylic acids is 1. The number of rotatable bonds is 6. The molecule has 122 valence electrons. The molecule has 1 heterocycles. The standard InChI is InChI=1S/C17H26FN3O/c1-3-4-9-19(2)14-17(22)21-12-10-20(11-13-21)16-8-6-5-7-15(16)18/h5-8H,3-4,9-14H2,1-2H3. The van der Waals surface area contributed by atoms with Crippen LogP contribution in [0.4, 0.5) is 10.1 Å². The van der Waals surface area contributed by atoms with Crippen LogP contribution >= 0.6 is 0 Å². The first kappa shape index (κ1) is 16.7. The number of anilines is 1. The van der Waals surface area contributed by atoms with E-state index in [2.05, 4.69) is 11.8 Å². The van der Waals surface area contributed by atoms with Crippen LogP contribution < -0.4 is 4.90 Å². The molecule has 0 radical (unpaired) electrons. The Morgan fingerprint density at radius 3 is 2.55 bits per heavy atom. The summed E-state index contributed by atoms with van der Waals surface area (Å²) in [5, 5.41) is 0. The highest BCUT2D eigenvalue weighted by atomic mass is 19.1. The number of piperazine rings is 1. The van der Waals surface area contributed by atoms with Crippen molar-refractivity contribution in [2.75, 3.05) is 51.2 Å². The van der Waals surface area contributed by atoms with Gasteiger partial charge in [0.2, 0.25) is 5.91 Å². The third-order valence-corrected chi connectivity index (χ3v) is 4.12. The lowest BCUT2D eigenvalue weighted by atomic mass is 10.2. The van der Waals surface area contributed by atoms with Crippen LogP contribution in [0.15, 0.2) is 24.3 Å². The summed E-state index contributed by atoms with van der Waals surface area (Å²) in [7, 11) is 1.99. The first-order chi connectivity index (χ1) is 10.6. The fourth-order valence-corrected chi connectivity index (χ4v) is 2.74. The van der Waals surface area contributed by atoms with E-state index in [0.717, 1.165) is 19.4 Å². The summed E-state index contributed by atoms with van der Waals surface area (Å²) in [4.78, 5) is 18.3. The quantitative estimate of drug-likeness (QED) is 0.806. The highest BCUT2D eigenvalue weighted by molar-refractivity contribution is 5.78. The summed E-state index contributed by atoms with van der Waals surface area (Å²) in [5.41, 5.74) is 0.634. The molecule has 1 aliphatic rings. The molecule has 0 unspecified atom stereocenters. The van der Waals surface area contributed by atoms with Crippen molar-refractivity contribution in [1.82, 2.24) is 9.80 Å². The SMILES string of the molecule is CCCCN(C)CC(=O)N1CCN(c2ccccc2F)CC1. The first-order valence-electron chi connectivity index (χ1n) is 8.07. The van der Waals surface area contributed by atoms with Crippen molar-refractivity contribution < 1.29 is 9.18 Å². The molecule has 1 aromatic carbocycles. The molecule has 0 aliphatic carbocycles. The summed E-state index contributed by atoms with van der Waals surface area (Å²) in [6, 6.07) is 6.82. The number of likely N-dealkylation sites (N-methyl/N-ethyl adjacent to an activating group) is 1. The lowest BCUT2D eigenvalue weighted by Crippen LogP contribution is -2.51. The van der Waals surface area contributed by atoms with Gasteiger partial charge in [0.15, 0.2) is 0 Å². The van der Waals surface area contributed by atoms with Crippen molar-refractivity contribution in [2.45, 2.75) is 19.8 Å². The van der Waals surface area contributed by atoms with E-state index in [1.165, 1.54) is 6.07 Å². The normalized spacial score (nSPS) is 15.5. The van der Waals surface area contributed by atoms with E-state index < -0.39 is 0 Å². The summed E-state index contributed by atoms with van der Waals surface area (Å²) in [6.07, 6.45) is 2.25. The van der Waals surface area contributed by atoms with Crippen LogP contribution in [-0.4, -0.2) is 62.0 Å². The maximum Gasteiger partial charge on any atom is 0.236 e. The smallest absolute Gasteiger partial charge is 0.236 e. The highest BCUT2D eigenvalue weighted by Crippen LogP contribution is 2.20. The number of para-hydroxylation sites is 1. The van der Waals surface area contributed by atoms with Crippen LogP contribution in [0, 0.1) is 5.82 Å². The molecule has 1 aliphatic heterocycles. The molecule has 2 rings (SSSR count). The van der Waals surface area contributed by atoms with Gasteiger partial charge in [-0.25, -0.2) is 4.39 Å². The van der Waals surface area contributed by atoms with Gasteiger partial charge in [-0.05, 0) is 32.1 Å². The number of amides is 1. The zero-order valence-electron chi connectivity index (χ0n) is 13.6. The van der Waals surface area contributed by atoms with Crippen LogP contribution in [-0.2, 0) is 4.79 Å². The second-order valence-electron chi connectivity index (χ2n) is 5.91. The predicted molar refractivity (Wildman–Crippen MR) is 87.6 cm³/mol. The van der Waals surface area contributed by atoms with E-state index in [1.54, 1.807) is 12.1 Å². The Morgan fingerprint density at radius 2 is 1.91 bits per heavy atom. The van der Waals surface area contributed by atoms with Crippen LogP contribution in [0.5, 0.6) is 0 Å². The summed E-state index contributed by atoms with van der Waals surface area (Å²) < 4.78 is 13.8. The minimum atomic E-state index is -0.193. The fraction of sp³-hybridized carbons (Fsp3) is 0.588. The number of halogens is 1. The van der Waals surface area contributed by atoms with Gasteiger partial charge in [0, 0.05) is 26.2 Å². The van der Waals surface area contributed by atoms with E-state index in [-0.39, 0.29) is 11.7 Å². The Hall–Kier alpha value is -1.62. The molecular weight excluding hydrogens is 281 g/mol. The second-order valence-corrected chi connectivity index (χ2v) is 5.91. The zero-order chi connectivity index (χ0) is 15.9. The first-order valence-corrected chi connectivity index (χ1v) is 8.07. The molecule has 1 amide bonds. The summed E-state index contributed by atoms with van der Waals surface area (Å²) in [6.45, 7) is 6.27. The maximum atomic E-state index is 13.8. The van der Waals surface area contributed by atoms with Crippen molar-refractivity contribution >= 4 is 11.6 Å². The lowest BCUT2D eigenvalue weighted by Gasteiger charge is -2.36. The summed E-state index contributed by atoms with van der Waals surface area (Å²) >= 11 is 0. The van der Waals surface area contributed by atoms with E-state index in [9.17, 15) is 9.18 Å². The molecule has 0 bridgehead atoms. The molecule has 1 fully saturated rings. The molecular formula is C17H26FN3O. The van der Waals surface area contributed by atoms with E-state index in [4.69, 9.17) is 0 Å². The van der Waals surface area contributed by atoms with Gasteiger partial charge in [-0.15, -0.1) is 0 Å². The summed E-state index contributed by atoms with van der Waals surface area (Å²) in [5.74, 6) is -0.0200. The zero-order valence-corrected chi connectivity index (χ0v) is 13.6. The number of unbranched alkanes of at least 4 members (excludes halogenated alkanes) is 1. The average Bonchev–Trinajstić information content (AvgIpc) is 2.53. The van der Waals surface area contributed by atoms with Gasteiger partial charge >= 0.3 is 0 Å². The number of hydrogen-bond acceptors (Lipinski definition) is 3. The maximum absolute atomic E-state index is 13.8. The molecule has 0 saturated carbocycles. The van der Waals surface area contributed by atoms with Crippen molar-refractivity contribution in [3.05, 3.63) is 30.1 Å². The minimum Gasteiger partial charge on any atom is -0.366 e. The van der Waals surface area contributed by atoms with Crippen LogP contribution in [0.1, 0.15) is 19.8 Å². The van der Waals surface area contributed by atoms with Gasteiger partial charge in [0.25, 0.3) is 0 Å². The highest BCUT2D eigenvalue weighted by Gasteiger charge is 2.23. The number of carbonyl (C=O) groups is 1. The van der Waals surface area contributed by atoms with Gasteiger partial charge in [0.05, 0.1) is 12.2 Å². The van der Waals surface area contributed by atoms with Crippen LogP contribution in [0.3, 0.4) is 0 Å². The third-order valence-electron chi connectivity index (χ3n) is 4.12. The minimum absolute atomic E-state index is 0.173.